The minimum atomic E-state index is 0.425. The molecule has 1 heterocycles. The summed E-state index contributed by atoms with van der Waals surface area (Å²) >= 11 is 0. The lowest BCUT2D eigenvalue weighted by molar-refractivity contribution is 0.0568. The van der Waals surface area contributed by atoms with Gasteiger partial charge in [-0.1, -0.05) is 6.92 Å². The highest BCUT2D eigenvalue weighted by molar-refractivity contribution is 4.90. The van der Waals surface area contributed by atoms with Crippen molar-refractivity contribution in [1.82, 2.24) is 9.80 Å². The monoisotopic (exact) mass is 181 g/mol. The number of hydrogen-bond acceptors (Lipinski definition) is 3. The predicted octanol–water partition coefficient (Wildman–Crippen LogP) is 0.924. The van der Waals surface area contributed by atoms with Crippen molar-refractivity contribution in [2.45, 2.75) is 32.4 Å². The van der Waals surface area contributed by atoms with E-state index in [4.69, 9.17) is 5.26 Å². The van der Waals surface area contributed by atoms with Gasteiger partial charge in [0.15, 0.2) is 0 Å². The second-order valence-electron chi connectivity index (χ2n) is 3.88. The molecule has 0 bridgehead atoms. The van der Waals surface area contributed by atoms with Crippen LogP contribution < -0.4 is 0 Å². The molecule has 74 valence electrons. The van der Waals surface area contributed by atoms with E-state index in [2.05, 4.69) is 36.8 Å². The topological polar surface area (TPSA) is 30.3 Å². The van der Waals surface area contributed by atoms with Gasteiger partial charge in [-0.25, -0.2) is 0 Å². The zero-order valence-corrected chi connectivity index (χ0v) is 8.82. The first-order valence-electron chi connectivity index (χ1n) is 5.00. The fourth-order valence-electron chi connectivity index (χ4n) is 1.94. The average Bonchev–Trinajstić information content (AvgIpc) is 2.13. The zero-order chi connectivity index (χ0) is 9.84. The Morgan fingerprint density at radius 1 is 1.46 bits per heavy atom. The lowest BCUT2D eigenvalue weighted by atomic mass is 10.1. The molecule has 2 atom stereocenters. The second-order valence-corrected chi connectivity index (χ2v) is 3.88. The molecule has 1 fully saturated rings. The molecule has 0 saturated carbocycles. The van der Waals surface area contributed by atoms with Crippen LogP contribution >= 0.6 is 0 Å². The third-order valence-electron chi connectivity index (χ3n) is 3.04. The third-order valence-corrected chi connectivity index (χ3v) is 3.04. The molecule has 0 radical (unpaired) electrons. The van der Waals surface area contributed by atoms with Gasteiger partial charge in [0, 0.05) is 25.2 Å². The van der Waals surface area contributed by atoms with Crippen molar-refractivity contribution >= 4 is 0 Å². The summed E-state index contributed by atoms with van der Waals surface area (Å²) in [4.78, 5) is 4.75. The highest BCUT2D eigenvalue weighted by atomic mass is 15.3. The summed E-state index contributed by atoms with van der Waals surface area (Å²) in [6, 6.07) is 3.27. The van der Waals surface area contributed by atoms with Gasteiger partial charge in [-0.15, -0.1) is 0 Å². The van der Waals surface area contributed by atoms with E-state index in [0.29, 0.717) is 18.5 Å². The van der Waals surface area contributed by atoms with Gasteiger partial charge in [0.2, 0.25) is 0 Å². The van der Waals surface area contributed by atoms with Gasteiger partial charge in [0.25, 0.3) is 0 Å². The van der Waals surface area contributed by atoms with E-state index < -0.39 is 0 Å². The van der Waals surface area contributed by atoms with Crippen LogP contribution in [-0.2, 0) is 0 Å². The van der Waals surface area contributed by atoms with Crippen LogP contribution in [0.2, 0.25) is 0 Å². The lowest BCUT2D eigenvalue weighted by Crippen LogP contribution is -2.55. The Balaban J connectivity index is 2.56. The normalized spacial score (nSPS) is 31.5. The van der Waals surface area contributed by atoms with Gasteiger partial charge in [-0.2, -0.15) is 5.26 Å². The smallest absolute Gasteiger partial charge is 0.0638 e. The molecule has 1 saturated heterocycles. The number of hydrogen-bond donors (Lipinski definition) is 0. The first-order chi connectivity index (χ1) is 6.19. The highest BCUT2D eigenvalue weighted by Crippen LogP contribution is 2.15. The van der Waals surface area contributed by atoms with Crippen LogP contribution in [0.4, 0.5) is 0 Å². The summed E-state index contributed by atoms with van der Waals surface area (Å²) < 4.78 is 0. The minimum Gasteiger partial charge on any atom is -0.300 e. The molecular weight excluding hydrogens is 162 g/mol. The van der Waals surface area contributed by atoms with Crippen molar-refractivity contribution in [3.05, 3.63) is 0 Å². The lowest BCUT2D eigenvalue weighted by Gasteiger charge is -2.42. The summed E-state index contributed by atoms with van der Waals surface area (Å²) in [5.41, 5.74) is 0. The Morgan fingerprint density at radius 2 is 2.15 bits per heavy atom. The Bertz CT molecular complexity index is 197. The number of rotatable bonds is 2. The van der Waals surface area contributed by atoms with E-state index in [-0.39, 0.29) is 0 Å². The molecule has 13 heavy (non-hydrogen) atoms. The van der Waals surface area contributed by atoms with Crippen molar-refractivity contribution in [3.63, 3.8) is 0 Å². The molecule has 0 amide bonds. The fraction of sp³-hybridized carbons (Fsp3) is 0.900. The van der Waals surface area contributed by atoms with Gasteiger partial charge < -0.3 is 4.90 Å². The van der Waals surface area contributed by atoms with Gasteiger partial charge in [0.1, 0.15) is 0 Å². The molecule has 2 unspecified atom stereocenters. The quantitative estimate of drug-likeness (QED) is 0.634. The molecule has 1 aliphatic heterocycles. The molecule has 3 heteroatoms. The molecule has 0 spiro atoms. The predicted molar refractivity (Wildman–Crippen MR) is 53.4 cm³/mol. The maximum absolute atomic E-state index is 8.69. The van der Waals surface area contributed by atoms with E-state index in [1.165, 1.54) is 0 Å². The standard InChI is InChI=1S/C10H19N3/c1-4-13-7-9(2)12(3)10(8-13)5-6-11/h9-10H,4-5,7-8H2,1-3H3. The molecule has 0 aliphatic carbocycles. The first kappa shape index (κ1) is 10.5. The molecular formula is C10H19N3. The van der Waals surface area contributed by atoms with Crippen LogP contribution in [0.25, 0.3) is 0 Å². The maximum Gasteiger partial charge on any atom is 0.0638 e. The number of nitriles is 1. The molecule has 3 nitrogen and oxygen atoms in total. The van der Waals surface area contributed by atoms with Crippen LogP contribution in [0.1, 0.15) is 20.3 Å². The van der Waals surface area contributed by atoms with Crippen LogP contribution in [-0.4, -0.2) is 48.6 Å². The summed E-state index contributed by atoms with van der Waals surface area (Å²) in [6.07, 6.45) is 0.650. The molecule has 0 N–H and O–H groups in total. The van der Waals surface area contributed by atoms with Crippen molar-refractivity contribution in [3.8, 4) is 6.07 Å². The van der Waals surface area contributed by atoms with E-state index in [1.807, 2.05) is 0 Å². The number of piperazine rings is 1. The van der Waals surface area contributed by atoms with Crippen LogP contribution in [0, 0.1) is 11.3 Å². The second kappa shape index (κ2) is 4.59. The first-order valence-corrected chi connectivity index (χ1v) is 5.00. The molecule has 1 aliphatic rings. The fourth-order valence-corrected chi connectivity index (χ4v) is 1.94. The van der Waals surface area contributed by atoms with Crippen molar-refractivity contribution < 1.29 is 0 Å². The van der Waals surface area contributed by atoms with Gasteiger partial charge >= 0.3 is 0 Å². The van der Waals surface area contributed by atoms with Gasteiger partial charge in [0.05, 0.1) is 12.5 Å². The molecule has 0 aromatic heterocycles. The van der Waals surface area contributed by atoms with Crippen LogP contribution in [0.15, 0.2) is 0 Å². The van der Waals surface area contributed by atoms with E-state index in [0.717, 1.165) is 19.6 Å². The number of likely N-dealkylation sites (N-methyl/N-ethyl adjacent to an activating group) is 2. The summed E-state index contributed by atoms with van der Waals surface area (Å²) in [5, 5.41) is 8.69. The highest BCUT2D eigenvalue weighted by Gasteiger charge is 2.27. The Kier molecular flexibility index (Phi) is 3.71. The van der Waals surface area contributed by atoms with Crippen molar-refractivity contribution in [2.75, 3.05) is 26.7 Å². The molecule has 0 aromatic carbocycles. The zero-order valence-electron chi connectivity index (χ0n) is 8.82. The van der Waals surface area contributed by atoms with E-state index in [1.54, 1.807) is 0 Å². The summed E-state index contributed by atoms with van der Waals surface area (Å²) in [5.74, 6) is 0. The Hall–Kier alpha value is -0.590. The Labute approximate surface area is 80.9 Å². The summed E-state index contributed by atoms with van der Waals surface area (Å²) in [6.45, 7) is 7.69. The third kappa shape index (κ3) is 2.43. The maximum atomic E-state index is 8.69. The van der Waals surface area contributed by atoms with Crippen LogP contribution in [0.3, 0.4) is 0 Å². The average molecular weight is 181 g/mol. The van der Waals surface area contributed by atoms with Crippen molar-refractivity contribution in [2.24, 2.45) is 0 Å². The van der Waals surface area contributed by atoms with Gasteiger partial charge in [-0.05, 0) is 20.5 Å². The van der Waals surface area contributed by atoms with E-state index >= 15 is 0 Å². The SMILES string of the molecule is CCN1CC(C)N(C)C(CC#N)C1. The largest absolute Gasteiger partial charge is 0.300 e. The minimum absolute atomic E-state index is 0.425. The summed E-state index contributed by atoms with van der Waals surface area (Å²) in [7, 11) is 2.12. The van der Waals surface area contributed by atoms with E-state index in [9.17, 15) is 0 Å². The Morgan fingerprint density at radius 3 is 2.69 bits per heavy atom. The van der Waals surface area contributed by atoms with Crippen LogP contribution in [0.5, 0.6) is 0 Å². The number of nitrogens with zero attached hydrogens (tertiary/aromatic N) is 3. The van der Waals surface area contributed by atoms with Crippen molar-refractivity contribution in [1.29, 1.82) is 5.26 Å². The molecule has 0 aromatic rings. The van der Waals surface area contributed by atoms with Gasteiger partial charge in [-0.3, -0.25) is 4.90 Å². The molecule has 1 rings (SSSR count).